The van der Waals surface area contributed by atoms with Crippen molar-refractivity contribution < 1.29 is 0 Å². The van der Waals surface area contributed by atoms with Gasteiger partial charge in [0, 0.05) is 18.8 Å². The third-order valence-corrected chi connectivity index (χ3v) is 2.24. The van der Waals surface area contributed by atoms with Crippen molar-refractivity contribution >= 4 is 0 Å². The quantitative estimate of drug-likeness (QED) is 0.773. The van der Waals surface area contributed by atoms with Gasteiger partial charge in [0.25, 0.3) is 0 Å². The number of hydrogen-bond acceptors (Lipinski definition) is 2. The number of hydrogen-bond donors (Lipinski definition) is 1. The van der Waals surface area contributed by atoms with E-state index in [0.29, 0.717) is 0 Å². The molecule has 2 N–H and O–H groups in total. The summed E-state index contributed by atoms with van der Waals surface area (Å²) in [5, 5.41) is 4.10. The molecule has 0 bridgehead atoms. The summed E-state index contributed by atoms with van der Waals surface area (Å²) in [4.78, 5) is 0. The highest BCUT2D eigenvalue weighted by Crippen LogP contribution is 2.17. The summed E-state index contributed by atoms with van der Waals surface area (Å²) in [6, 6.07) is 9.94. The molecular weight excluding hydrogens is 174 g/mol. The molecule has 3 heteroatoms. The predicted molar refractivity (Wildman–Crippen MR) is 55.7 cm³/mol. The van der Waals surface area contributed by atoms with Crippen LogP contribution < -0.4 is 5.73 Å². The summed E-state index contributed by atoms with van der Waals surface area (Å²) in [5.41, 5.74) is 8.23. The third kappa shape index (κ3) is 1.67. The summed E-state index contributed by atoms with van der Waals surface area (Å²) in [6.07, 6.45) is 3.75. The fourth-order valence-corrected chi connectivity index (χ4v) is 1.45. The first-order valence-corrected chi connectivity index (χ1v) is 4.56. The summed E-state index contributed by atoms with van der Waals surface area (Å²) in [5.74, 6) is 0. The van der Waals surface area contributed by atoms with Gasteiger partial charge in [0.1, 0.15) is 0 Å². The second kappa shape index (κ2) is 3.64. The highest BCUT2D eigenvalue weighted by molar-refractivity contribution is 5.28. The van der Waals surface area contributed by atoms with Crippen molar-refractivity contribution in [3.63, 3.8) is 0 Å². The van der Waals surface area contributed by atoms with Crippen LogP contribution in [0.5, 0.6) is 0 Å². The molecule has 1 aromatic heterocycles. The fourth-order valence-electron chi connectivity index (χ4n) is 1.45. The first-order valence-electron chi connectivity index (χ1n) is 4.56. The average molecular weight is 187 g/mol. The molecule has 72 valence electrons. The van der Waals surface area contributed by atoms with Gasteiger partial charge in [-0.1, -0.05) is 30.3 Å². The maximum absolute atomic E-state index is 6.08. The first kappa shape index (κ1) is 8.97. The van der Waals surface area contributed by atoms with E-state index in [9.17, 15) is 0 Å². The van der Waals surface area contributed by atoms with Crippen LogP contribution in [0.25, 0.3) is 0 Å². The molecule has 0 radical (unpaired) electrons. The van der Waals surface area contributed by atoms with Crippen LogP contribution in [0.2, 0.25) is 0 Å². The Labute approximate surface area is 83.2 Å². The minimum Gasteiger partial charge on any atom is -0.320 e. The minimum atomic E-state index is -0.0788. The van der Waals surface area contributed by atoms with Crippen molar-refractivity contribution in [3.8, 4) is 0 Å². The van der Waals surface area contributed by atoms with Crippen LogP contribution in [0.3, 0.4) is 0 Å². The van der Waals surface area contributed by atoms with Gasteiger partial charge in [0.2, 0.25) is 0 Å². The van der Waals surface area contributed by atoms with Gasteiger partial charge in [0.15, 0.2) is 0 Å². The zero-order chi connectivity index (χ0) is 9.97. The normalized spacial score (nSPS) is 12.7. The highest BCUT2D eigenvalue weighted by atomic mass is 15.2. The number of aryl methyl sites for hydroxylation is 1. The highest BCUT2D eigenvalue weighted by Gasteiger charge is 2.09. The van der Waals surface area contributed by atoms with Gasteiger partial charge in [-0.3, -0.25) is 4.68 Å². The molecule has 2 rings (SSSR count). The van der Waals surface area contributed by atoms with E-state index in [1.165, 1.54) is 0 Å². The van der Waals surface area contributed by atoms with E-state index in [0.717, 1.165) is 11.1 Å². The van der Waals surface area contributed by atoms with Gasteiger partial charge in [-0.05, 0) is 5.56 Å². The summed E-state index contributed by atoms with van der Waals surface area (Å²) in [7, 11) is 1.89. The molecule has 1 aromatic carbocycles. The van der Waals surface area contributed by atoms with E-state index < -0.39 is 0 Å². The fraction of sp³-hybridized carbons (Fsp3) is 0.182. The van der Waals surface area contributed by atoms with Crippen molar-refractivity contribution in [2.75, 3.05) is 0 Å². The first-order chi connectivity index (χ1) is 6.77. The maximum atomic E-state index is 6.08. The Balaban J connectivity index is 2.29. The lowest BCUT2D eigenvalue weighted by molar-refractivity contribution is 0.765. The Kier molecular flexibility index (Phi) is 2.33. The molecule has 2 aromatic rings. The summed E-state index contributed by atoms with van der Waals surface area (Å²) < 4.78 is 1.76. The van der Waals surface area contributed by atoms with E-state index in [1.54, 1.807) is 10.9 Å². The van der Waals surface area contributed by atoms with Gasteiger partial charge in [0.05, 0.1) is 12.2 Å². The van der Waals surface area contributed by atoms with E-state index in [1.807, 2.05) is 43.6 Å². The lowest BCUT2D eigenvalue weighted by Gasteiger charge is -2.08. The van der Waals surface area contributed by atoms with Crippen LogP contribution in [-0.4, -0.2) is 9.78 Å². The smallest absolute Gasteiger partial charge is 0.0582 e. The molecule has 0 aliphatic rings. The molecule has 1 heterocycles. The average Bonchev–Trinajstić information content (AvgIpc) is 2.65. The van der Waals surface area contributed by atoms with Crippen molar-refractivity contribution in [1.29, 1.82) is 0 Å². The molecular formula is C11H13N3. The zero-order valence-corrected chi connectivity index (χ0v) is 8.09. The zero-order valence-electron chi connectivity index (χ0n) is 8.09. The molecule has 1 atom stereocenters. The molecule has 14 heavy (non-hydrogen) atoms. The van der Waals surface area contributed by atoms with Crippen LogP contribution in [0.1, 0.15) is 17.2 Å². The monoisotopic (exact) mass is 187 g/mol. The van der Waals surface area contributed by atoms with Gasteiger partial charge in [-0.2, -0.15) is 5.10 Å². The van der Waals surface area contributed by atoms with E-state index in [4.69, 9.17) is 5.73 Å². The van der Waals surface area contributed by atoms with Crippen molar-refractivity contribution in [2.24, 2.45) is 12.8 Å². The number of nitrogens with zero attached hydrogens (tertiary/aromatic N) is 2. The van der Waals surface area contributed by atoms with Gasteiger partial charge in [-0.25, -0.2) is 0 Å². The Morgan fingerprint density at radius 2 is 1.93 bits per heavy atom. The molecule has 1 unspecified atom stereocenters. The number of benzene rings is 1. The Hall–Kier alpha value is -1.61. The Morgan fingerprint density at radius 3 is 2.50 bits per heavy atom. The van der Waals surface area contributed by atoms with Crippen molar-refractivity contribution in [1.82, 2.24) is 9.78 Å². The number of rotatable bonds is 2. The Morgan fingerprint density at radius 1 is 1.21 bits per heavy atom. The van der Waals surface area contributed by atoms with E-state index in [-0.39, 0.29) is 6.04 Å². The van der Waals surface area contributed by atoms with Crippen molar-refractivity contribution in [3.05, 3.63) is 53.9 Å². The molecule has 0 amide bonds. The van der Waals surface area contributed by atoms with Crippen molar-refractivity contribution in [2.45, 2.75) is 6.04 Å². The predicted octanol–water partition coefficient (Wildman–Crippen LogP) is 1.47. The molecule has 0 fully saturated rings. The maximum Gasteiger partial charge on any atom is 0.0582 e. The van der Waals surface area contributed by atoms with Gasteiger partial charge in [-0.15, -0.1) is 0 Å². The van der Waals surface area contributed by atoms with Crippen LogP contribution in [0.15, 0.2) is 42.7 Å². The summed E-state index contributed by atoms with van der Waals surface area (Å²) in [6.45, 7) is 0. The molecule has 0 aliphatic carbocycles. The topological polar surface area (TPSA) is 43.8 Å². The van der Waals surface area contributed by atoms with Crippen LogP contribution >= 0.6 is 0 Å². The molecule has 0 saturated carbocycles. The van der Waals surface area contributed by atoms with Gasteiger partial charge < -0.3 is 5.73 Å². The SMILES string of the molecule is Cn1cc(C(N)c2ccccc2)cn1. The minimum absolute atomic E-state index is 0.0788. The Bertz CT molecular complexity index is 405. The van der Waals surface area contributed by atoms with E-state index >= 15 is 0 Å². The summed E-state index contributed by atoms with van der Waals surface area (Å²) >= 11 is 0. The van der Waals surface area contributed by atoms with Crippen LogP contribution in [0.4, 0.5) is 0 Å². The number of nitrogens with two attached hydrogens (primary N) is 1. The van der Waals surface area contributed by atoms with Crippen LogP contribution in [0, 0.1) is 0 Å². The lowest BCUT2D eigenvalue weighted by Crippen LogP contribution is -2.10. The third-order valence-electron chi connectivity index (χ3n) is 2.24. The lowest BCUT2D eigenvalue weighted by atomic mass is 10.0. The molecule has 0 aliphatic heterocycles. The molecule has 0 spiro atoms. The second-order valence-corrected chi connectivity index (χ2v) is 3.34. The molecule has 3 nitrogen and oxygen atoms in total. The largest absolute Gasteiger partial charge is 0.320 e. The van der Waals surface area contributed by atoms with Gasteiger partial charge >= 0.3 is 0 Å². The standard InChI is InChI=1S/C11H13N3/c1-14-8-10(7-13-14)11(12)9-5-3-2-4-6-9/h2-8,11H,12H2,1H3. The second-order valence-electron chi connectivity index (χ2n) is 3.34. The van der Waals surface area contributed by atoms with Crippen LogP contribution in [-0.2, 0) is 7.05 Å². The molecule has 0 saturated heterocycles. The van der Waals surface area contributed by atoms with E-state index in [2.05, 4.69) is 5.10 Å². The number of aromatic nitrogens is 2.